The summed E-state index contributed by atoms with van der Waals surface area (Å²) < 4.78 is 0. The first-order valence-electron chi connectivity index (χ1n) is 5.48. The zero-order valence-electron chi connectivity index (χ0n) is 10.2. The molecule has 3 N–H and O–H groups in total. The van der Waals surface area contributed by atoms with Crippen LogP contribution in [0.3, 0.4) is 0 Å². The first-order chi connectivity index (χ1) is 7.50. The summed E-state index contributed by atoms with van der Waals surface area (Å²) in [7, 11) is 0. The lowest BCUT2D eigenvalue weighted by Crippen LogP contribution is -2.42. The van der Waals surface area contributed by atoms with E-state index in [1.54, 1.807) is 11.1 Å². The zero-order chi connectivity index (χ0) is 12.2. The molecule has 1 aromatic heterocycles. The van der Waals surface area contributed by atoms with Crippen molar-refractivity contribution < 1.29 is 4.79 Å². The van der Waals surface area contributed by atoms with Crippen molar-refractivity contribution in [2.45, 2.75) is 20.8 Å². The molecular formula is C11H20N4O. The van der Waals surface area contributed by atoms with Crippen LogP contribution in [0.25, 0.3) is 0 Å². The van der Waals surface area contributed by atoms with Crippen LogP contribution in [0.4, 0.5) is 0 Å². The van der Waals surface area contributed by atoms with Crippen LogP contribution in [-0.2, 0) is 0 Å². The summed E-state index contributed by atoms with van der Waals surface area (Å²) in [5, 5.41) is 0. The second-order valence-corrected chi connectivity index (χ2v) is 4.65. The minimum atomic E-state index is -0.0638. The van der Waals surface area contributed by atoms with Gasteiger partial charge in [0.05, 0.1) is 12.5 Å². The molecule has 1 heterocycles. The minimum absolute atomic E-state index is 0.0264. The number of rotatable bonds is 5. The molecule has 0 spiro atoms. The molecule has 1 rings (SSSR count). The fraction of sp³-hybridized carbons (Fsp3) is 0.636. The highest BCUT2D eigenvalue weighted by Crippen LogP contribution is 2.16. The van der Waals surface area contributed by atoms with Gasteiger partial charge in [-0.05, 0) is 18.9 Å². The van der Waals surface area contributed by atoms with Crippen molar-refractivity contribution in [3.63, 3.8) is 0 Å². The maximum absolute atomic E-state index is 12.0. The Morgan fingerprint density at radius 1 is 1.62 bits per heavy atom. The second kappa shape index (κ2) is 5.12. The van der Waals surface area contributed by atoms with Gasteiger partial charge in [-0.3, -0.25) is 4.79 Å². The number of carbonyl (C=O) groups is 1. The average Bonchev–Trinajstić information content (AvgIpc) is 2.78. The van der Waals surface area contributed by atoms with Gasteiger partial charge in [0.2, 0.25) is 0 Å². The van der Waals surface area contributed by atoms with Gasteiger partial charge in [0.1, 0.15) is 5.69 Å². The van der Waals surface area contributed by atoms with Gasteiger partial charge in [0.15, 0.2) is 0 Å². The highest BCUT2D eigenvalue weighted by atomic mass is 16.2. The van der Waals surface area contributed by atoms with Crippen LogP contribution >= 0.6 is 0 Å². The Balaban J connectivity index is 2.72. The monoisotopic (exact) mass is 224 g/mol. The Labute approximate surface area is 96.0 Å². The van der Waals surface area contributed by atoms with E-state index in [1.807, 2.05) is 6.92 Å². The predicted octanol–water partition coefficient (Wildman–Crippen LogP) is 0.857. The number of nitrogens with one attached hydrogen (secondary N) is 1. The van der Waals surface area contributed by atoms with Crippen LogP contribution in [0.1, 0.15) is 31.3 Å². The van der Waals surface area contributed by atoms with Crippen LogP contribution < -0.4 is 5.73 Å². The van der Waals surface area contributed by atoms with Crippen molar-refractivity contribution >= 4 is 5.91 Å². The molecule has 16 heavy (non-hydrogen) atoms. The fourth-order valence-electron chi connectivity index (χ4n) is 1.45. The lowest BCUT2D eigenvalue weighted by molar-refractivity contribution is 0.0695. The molecule has 90 valence electrons. The Morgan fingerprint density at radius 3 is 2.75 bits per heavy atom. The number of carbonyl (C=O) groups excluding carboxylic acids is 1. The number of H-pyrrole nitrogens is 1. The van der Waals surface area contributed by atoms with E-state index in [-0.39, 0.29) is 11.3 Å². The van der Waals surface area contributed by atoms with E-state index in [4.69, 9.17) is 5.73 Å². The number of nitrogens with two attached hydrogens (primary N) is 1. The van der Waals surface area contributed by atoms with Gasteiger partial charge < -0.3 is 15.6 Å². The standard InChI is InChI=1S/C11H20N4O/c1-4-15(7-11(2,3)6-12)10(16)9-5-13-8-14-9/h5,8H,4,6-7,12H2,1-3H3,(H,13,14). The maximum Gasteiger partial charge on any atom is 0.271 e. The molecule has 0 aliphatic heterocycles. The molecule has 0 aromatic carbocycles. The Morgan fingerprint density at radius 2 is 2.31 bits per heavy atom. The fourth-order valence-corrected chi connectivity index (χ4v) is 1.45. The van der Waals surface area contributed by atoms with Gasteiger partial charge in [-0.15, -0.1) is 0 Å². The molecule has 5 heteroatoms. The number of hydrogen-bond donors (Lipinski definition) is 2. The van der Waals surface area contributed by atoms with Crippen LogP contribution in [0.2, 0.25) is 0 Å². The highest BCUT2D eigenvalue weighted by Gasteiger charge is 2.23. The van der Waals surface area contributed by atoms with Gasteiger partial charge in [0, 0.05) is 13.1 Å². The van der Waals surface area contributed by atoms with Gasteiger partial charge in [-0.25, -0.2) is 4.98 Å². The van der Waals surface area contributed by atoms with Crippen LogP contribution in [0.5, 0.6) is 0 Å². The third kappa shape index (κ3) is 3.06. The van der Waals surface area contributed by atoms with E-state index in [0.29, 0.717) is 25.3 Å². The number of aromatic amines is 1. The number of nitrogens with zero attached hydrogens (tertiary/aromatic N) is 2. The smallest absolute Gasteiger partial charge is 0.271 e. The normalized spacial score (nSPS) is 11.5. The van der Waals surface area contributed by atoms with E-state index in [1.165, 1.54) is 6.33 Å². The molecule has 0 aliphatic carbocycles. The van der Waals surface area contributed by atoms with E-state index in [9.17, 15) is 4.79 Å². The lowest BCUT2D eigenvalue weighted by Gasteiger charge is -2.30. The molecule has 1 aromatic rings. The largest absolute Gasteiger partial charge is 0.341 e. The van der Waals surface area contributed by atoms with Crippen LogP contribution in [-0.4, -0.2) is 40.4 Å². The van der Waals surface area contributed by atoms with Crippen molar-refractivity contribution in [2.24, 2.45) is 11.1 Å². The van der Waals surface area contributed by atoms with Gasteiger partial charge in [-0.2, -0.15) is 0 Å². The summed E-state index contributed by atoms with van der Waals surface area (Å²) in [6.45, 7) is 7.94. The quantitative estimate of drug-likeness (QED) is 0.778. The summed E-state index contributed by atoms with van der Waals surface area (Å²) in [6, 6.07) is 0. The number of aromatic nitrogens is 2. The summed E-state index contributed by atoms with van der Waals surface area (Å²) in [6.07, 6.45) is 3.05. The van der Waals surface area contributed by atoms with E-state index in [2.05, 4.69) is 23.8 Å². The Bertz CT molecular complexity index is 332. The van der Waals surface area contributed by atoms with Crippen molar-refractivity contribution in [3.8, 4) is 0 Å². The maximum atomic E-state index is 12.0. The molecule has 5 nitrogen and oxygen atoms in total. The molecular weight excluding hydrogens is 204 g/mol. The van der Waals surface area contributed by atoms with E-state index in [0.717, 1.165) is 0 Å². The summed E-state index contributed by atoms with van der Waals surface area (Å²) in [5.74, 6) is -0.0264. The van der Waals surface area contributed by atoms with Gasteiger partial charge >= 0.3 is 0 Å². The SMILES string of the molecule is CCN(CC(C)(C)CN)C(=O)c1cnc[nH]1. The molecule has 0 saturated carbocycles. The van der Waals surface area contributed by atoms with Gasteiger partial charge in [0.25, 0.3) is 5.91 Å². The summed E-state index contributed by atoms with van der Waals surface area (Å²) >= 11 is 0. The second-order valence-electron chi connectivity index (χ2n) is 4.65. The Hall–Kier alpha value is -1.36. The molecule has 0 bridgehead atoms. The molecule has 0 saturated heterocycles. The Kier molecular flexibility index (Phi) is 4.06. The number of amides is 1. The molecule has 1 amide bonds. The predicted molar refractivity (Wildman–Crippen MR) is 63.0 cm³/mol. The third-order valence-electron chi connectivity index (χ3n) is 2.57. The first kappa shape index (κ1) is 12.7. The molecule has 0 aliphatic rings. The van der Waals surface area contributed by atoms with Crippen LogP contribution in [0, 0.1) is 5.41 Å². The molecule has 0 fully saturated rings. The number of imidazole rings is 1. The minimum Gasteiger partial charge on any atom is -0.341 e. The van der Waals surface area contributed by atoms with Crippen molar-refractivity contribution in [1.82, 2.24) is 14.9 Å². The average molecular weight is 224 g/mol. The topological polar surface area (TPSA) is 75.0 Å². The molecule has 0 radical (unpaired) electrons. The van der Waals surface area contributed by atoms with Crippen molar-refractivity contribution in [2.75, 3.05) is 19.6 Å². The van der Waals surface area contributed by atoms with Gasteiger partial charge in [-0.1, -0.05) is 13.8 Å². The first-order valence-corrected chi connectivity index (χ1v) is 5.48. The lowest BCUT2D eigenvalue weighted by atomic mass is 9.93. The summed E-state index contributed by atoms with van der Waals surface area (Å²) in [4.78, 5) is 20.5. The van der Waals surface area contributed by atoms with E-state index >= 15 is 0 Å². The van der Waals surface area contributed by atoms with Crippen molar-refractivity contribution in [1.29, 1.82) is 0 Å². The van der Waals surface area contributed by atoms with Crippen molar-refractivity contribution in [3.05, 3.63) is 18.2 Å². The number of hydrogen-bond acceptors (Lipinski definition) is 3. The zero-order valence-corrected chi connectivity index (χ0v) is 10.2. The molecule has 0 unspecified atom stereocenters. The molecule has 0 atom stereocenters. The van der Waals surface area contributed by atoms with Crippen LogP contribution in [0.15, 0.2) is 12.5 Å². The summed E-state index contributed by atoms with van der Waals surface area (Å²) in [5.41, 5.74) is 6.13. The third-order valence-corrected chi connectivity index (χ3v) is 2.57. The highest BCUT2D eigenvalue weighted by molar-refractivity contribution is 5.92. The van der Waals surface area contributed by atoms with E-state index < -0.39 is 0 Å².